The Labute approximate surface area is 131 Å². The van der Waals surface area contributed by atoms with Crippen molar-refractivity contribution in [3.8, 4) is 0 Å². The monoisotopic (exact) mass is 328 g/mol. The fraction of sp³-hybridized carbons (Fsp3) is 0.714. The van der Waals surface area contributed by atoms with E-state index in [1.54, 1.807) is 0 Å². The van der Waals surface area contributed by atoms with Gasteiger partial charge in [0.15, 0.2) is 5.03 Å². The maximum absolute atomic E-state index is 12.3. The van der Waals surface area contributed by atoms with Gasteiger partial charge in [-0.1, -0.05) is 13.8 Å². The molecule has 0 aliphatic carbocycles. The Kier molecular flexibility index (Phi) is 5.57. The number of H-pyrrole nitrogens is 1. The van der Waals surface area contributed by atoms with E-state index >= 15 is 0 Å². The van der Waals surface area contributed by atoms with Crippen LogP contribution in [0.15, 0.2) is 11.2 Å². The minimum atomic E-state index is -3.61. The largest absolute Gasteiger partial charge is 0.343 e. The van der Waals surface area contributed by atoms with Crippen LogP contribution in [0.5, 0.6) is 0 Å². The van der Waals surface area contributed by atoms with Crippen LogP contribution in [0.3, 0.4) is 0 Å². The molecule has 1 amide bonds. The summed E-state index contributed by atoms with van der Waals surface area (Å²) in [6, 6.07) is -0.218. The molecule has 2 heterocycles. The summed E-state index contributed by atoms with van der Waals surface area (Å²) in [5.41, 5.74) is 0. The van der Waals surface area contributed by atoms with Crippen molar-refractivity contribution < 1.29 is 13.2 Å². The Morgan fingerprint density at radius 1 is 1.41 bits per heavy atom. The average molecular weight is 328 g/mol. The molecule has 1 aromatic heterocycles. The highest BCUT2D eigenvalue weighted by Gasteiger charge is 2.26. The number of likely N-dealkylation sites (tertiary alicyclic amines) is 1. The molecule has 1 aliphatic heterocycles. The van der Waals surface area contributed by atoms with Gasteiger partial charge in [0, 0.05) is 32.0 Å². The fourth-order valence-electron chi connectivity index (χ4n) is 2.60. The lowest BCUT2D eigenvalue weighted by atomic mass is 10.1. The second kappa shape index (κ2) is 7.23. The van der Waals surface area contributed by atoms with Gasteiger partial charge < -0.3 is 9.88 Å². The van der Waals surface area contributed by atoms with E-state index in [0.29, 0.717) is 38.1 Å². The number of carbonyl (C=O) groups is 1. The summed E-state index contributed by atoms with van der Waals surface area (Å²) >= 11 is 0. The first-order valence-corrected chi connectivity index (χ1v) is 9.28. The molecule has 0 aromatic carbocycles. The molecule has 2 rings (SSSR count). The van der Waals surface area contributed by atoms with E-state index in [1.807, 2.05) is 18.7 Å². The fourth-order valence-corrected chi connectivity index (χ4v) is 3.85. The van der Waals surface area contributed by atoms with Crippen molar-refractivity contribution in [1.29, 1.82) is 0 Å². The van der Waals surface area contributed by atoms with Crippen LogP contribution in [0.25, 0.3) is 0 Å². The Hall–Kier alpha value is -1.41. The lowest BCUT2D eigenvalue weighted by molar-refractivity contribution is -0.130. The Balaban J connectivity index is 2.02. The third kappa shape index (κ3) is 4.07. The molecule has 0 bridgehead atoms. The Morgan fingerprint density at radius 2 is 2.18 bits per heavy atom. The van der Waals surface area contributed by atoms with Gasteiger partial charge in [0.2, 0.25) is 5.91 Å². The molecular formula is C14H24N4O3S. The van der Waals surface area contributed by atoms with Gasteiger partial charge in [0.25, 0.3) is 10.0 Å². The Morgan fingerprint density at radius 3 is 2.82 bits per heavy atom. The number of aromatic nitrogens is 2. The number of aryl methyl sites for hydroxylation is 1. The quantitative estimate of drug-likeness (QED) is 0.815. The van der Waals surface area contributed by atoms with Crippen molar-refractivity contribution in [2.24, 2.45) is 0 Å². The van der Waals surface area contributed by atoms with Crippen LogP contribution in [-0.4, -0.2) is 48.3 Å². The maximum atomic E-state index is 12.3. The van der Waals surface area contributed by atoms with Crippen LogP contribution in [0.1, 0.15) is 45.4 Å². The molecule has 2 N–H and O–H groups in total. The molecule has 1 saturated heterocycles. The van der Waals surface area contributed by atoms with Crippen molar-refractivity contribution >= 4 is 15.9 Å². The van der Waals surface area contributed by atoms with Crippen molar-refractivity contribution in [3.63, 3.8) is 0 Å². The third-order valence-corrected chi connectivity index (χ3v) is 5.28. The van der Waals surface area contributed by atoms with Gasteiger partial charge in [0.05, 0.1) is 6.20 Å². The summed E-state index contributed by atoms with van der Waals surface area (Å²) in [5.74, 6) is 0.754. The van der Waals surface area contributed by atoms with Crippen LogP contribution in [0.2, 0.25) is 0 Å². The minimum Gasteiger partial charge on any atom is -0.343 e. The number of hydrogen-bond donors (Lipinski definition) is 2. The van der Waals surface area contributed by atoms with Crippen LogP contribution in [0.4, 0.5) is 0 Å². The SMILES string of the molecule is CCCN1CCC(NS(=O)(=O)c2cnc(CC)[nH]2)CCC1=O. The lowest BCUT2D eigenvalue weighted by Gasteiger charge is -2.20. The number of carbonyl (C=O) groups excluding carboxylic acids is 1. The molecule has 1 fully saturated rings. The predicted molar refractivity (Wildman–Crippen MR) is 82.8 cm³/mol. The highest BCUT2D eigenvalue weighted by atomic mass is 32.2. The van der Waals surface area contributed by atoms with Crippen LogP contribution < -0.4 is 4.72 Å². The summed E-state index contributed by atoms with van der Waals surface area (Å²) in [5, 5.41) is 0.0883. The lowest BCUT2D eigenvalue weighted by Crippen LogP contribution is -2.36. The number of hydrogen-bond acceptors (Lipinski definition) is 4. The van der Waals surface area contributed by atoms with Gasteiger partial charge >= 0.3 is 0 Å². The highest BCUT2D eigenvalue weighted by molar-refractivity contribution is 7.89. The van der Waals surface area contributed by atoms with E-state index < -0.39 is 10.0 Å². The number of imidazole rings is 1. The number of nitrogens with zero attached hydrogens (tertiary/aromatic N) is 2. The third-order valence-electron chi connectivity index (χ3n) is 3.85. The molecule has 0 saturated carbocycles. The number of sulfonamides is 1. The van der Waals surface area contributed by atoms with Crippen molar-refractivity contribution in [3.05, 3.63) is 12.0 Å². The van der Waals surface area contributed by atoms with Gasteiger partial charge in [-0.2, -0.15) is 0 Å². The average Bonchev–Trinajstić information content (AvgIpc) is 2.91. The van der Waals surface area contributed by atoms with Gasteiger partial charge in [-0.3, -0.25) is 4.79 Å². The van der Waals surface area contributed by atoms with E-state index in [9.17, 15) is 13.2 Å². The van der Waals surface area contributed by atoms with Crippen molar-refractivity contribution in [2.45, 2.75) is 57.0 Å². The minimum absolute atomic E-state index is 0.0883. The molecular weight excluding hydrogens is 304 g/mol. The zero-order valence-electron chi connectivity index (χ0n) is 13.1. The first-order valence-electron chi connectivity index (χ1n) is 7.80. The standard InChI is InChI=1S/C14H24N4O3S/c1-3-8-18-9-7-11(5-6-14(18)19)17-22(20,21)13-10-15-12(4-2)16-13/h10-11,17H,3-9H2,1-2H3,(H,15,16). The molecule has 124 valence electrons. The summed E-state index contributed by atoms with van der Waals surface area (Å²) < 4.78 is 27.4. The normalized spacial score (nSPS) is 20.2. The number of aromatic amines is 1. The van der Waals surface area contributed by atoms with E-state index in [4.69, 9.17) is 0 Å². The number of rotatable bonds is 6. The highest BCUT2D eigenvalue weighted by Crippen LogP contribution is 2.15. The van der Waals surface area contributed by atoms with Gasteiger partial charge in [-0.05, 0) is 19.3 Å². The van der Waals surface area contributed by atoms with Gasteiger partial charge in [-0.25, -0.2) is 18.1 Å². The van der Waals surface area contributed by atoms with Gasteiger partial charge in [-0.15, -0.1) is 0 Å². The first-order chi connectivity index (χ1) is 10.5. The van der Waals surface area contributed by atoms with Crippen LogP contribution in [-0.2, 0) is 21.2 Å². The van der Waals surface area contributed by atoms with E-state index in [2.05, 4.69) is 14.7 Å². The molecule has 7 nitrogen and oxygen atoms in total. The summed E-state index contributed by atoms with van der Waals surface area (Å²) in [7, 11) is -3.61. The summed E-state index contributed by atoms with van der Waals surface area (Å²) in [4.78, 5) is 20.6. The second-order valence-corrected chi connectivity index (χ2v) is 7.26. The number of amides is 1. The molecule has 22 heavy (non-hydrogen) atoms. The van der Waals surface area contributed by atoms with Crippen molar-refractivity contribution in [1.82, 2.24) is 19.6 Å². The molecule has 0 radical (unpaired) electrons. The molecule has 1 atom stereocenters. The van der Waals surface area contributed by atoms with Crippen LogP contribution in [0, 0.1) is 0 Å². The Bertz CT molecular complexity index is 611. The zero-order valence-corrected chi connectivity index (χ0v) is 13.9. The molecule has 0 spiro atoms. The molecule has 1 aliphatic rings. The maximum Gasteiger partial charge on any atom is 0.257 e. The summed E-state index contributed by atoms with van der Waals surface area (Å²) in [6.45, 7) is 5.27. The second-order valence-electron chi connectivity index (χ2n) is 5.57. The molecule has 8 heteroatoms. The van der Waals surface area contributed by atoms with E-state index in [1.165, 1.54) is 6.20 Å². The smallest absolute Gasteiger partial charge is 0.257 e. The number of nitrogens with one attached hydrogen (secondary N) is 2. The summed E-state index contributed by atoms with van der Waals surface area (Å²) in [6.07, 6.45) is 4.46. The topological polar surface area (TPSA) is 95.2 Å². The van der Waals surface area contributed by atoms with Crippen LogP contribution >= 0.6 is 0 Å². The molecule has 1 unspecified atom stereocenters. The predicted octanol–water partition coefficient (Wildman–Crippen LogP) is 1.04. The molecule has 1 aromatic rings. The van der Waals surface area contributed by atoms with Crippen molar-refractivity contribution in [2.75, 3.05) is 13.1 Å². The first kappa shape index (κ1) is 17.0. The van der Waals surface area contributed by atoms with E-state index in [0.717, 1.165) is 13.0 Å². The van der Waals surface area contributed by atoms with E-state index in [-0.39, 0.29) is 17.0 Å². The van der Waals surface area contributed by atoms with Gasteiger partial charge in [0.1, 0.15) is 5.82 Å². The zero-order chi connectivity index (χ0) is 16.2.